The summed E-state index contributed by atoms with van der Waals surface area (Å²) in [4.78, 5) is 23.6. The fraction of sp³-hybridized carbons (Fsp3) is 0.379. The van der Waals surface area contributed by atoms with Crippen molar-refractivity contribution in [2.24, 2.45) is 0 Å². The Morgan fingerprint density at radius 3 is 2.61 bits per heavy atom. The number of nitrogens with one attached hydrogen (secondary N) is 1. The lowest BCUT2D eigenvalue weighted by molar-refractivity contribution is 0.0579. The van der Waals surface area contributed by atoms with E-state index in [0.29, 0.717) is 45.9 Å². The molecule has 198 valence electrons. The van der Waals surface area contributed by atoms with Gasteiger partial charge in [0.25, 0.3) is 0 Å². The number of nitriles is 1. The Bertz CT molecular complexity index is 1420. The van der Waals surface area contributed by atoms with Gasteiger partial charge in [-0.05, 0) is 76.6 Å². The van der Waals surface area contributed by atoms with Gasteiger partial charge in [-0.1, -0.05) is 25.4 Å². The minimum Gasteiger partial charge on any atom is -0.489 e. The van der Waals surface area contributed by atoms with Gasteiger partial charge in [0.05, 0.1) is 28.7 Å². The normalized spacial score (nSPS) is 14.2. The molecule has 0 bridgehead atoms. The highest BCUT2D eigenvalue weighted by atomic mass is 35.5. The number of amides is 1. The summed E-state index contributed by atoms with van der Waals surface area (Å²) >= 11 is 6.23. The van der Waals surface area contributed by atoms with Crippen molar-refractivity contribution in [1.29, 1.82) is 5.26 Å². The van der Waals surface area contributed by atoms with Crippen LogP contribution in [-0.4, -0.2) is 34.3 Å². The summed E-state index contributed by atoms with van der Waals surface area (Å²) in [5.41, 5.74) is 2.81. The maximum atomic E-state index is 13.0. The van der Waals surface area contributed by atoms with Crippen molar-refractivity contribution in [2.75, 3.05) is 16.8 Å². The van der Waals surface area contributed by atoms with Gasteiger partial charge in [-0.15, -0.1) is 0 Å². The van der Waals surface area contributed by atoms with Crippen LogP contribution in [0, 0.1) is 11.3 Å². The van der Waals surface area contributed by atoms with Crippen molar-refractivity contribution in [3.05, 3.63) is 58.7 Å². The van der Waals surface area contributed by atoms with E-state index >= 15 is 0 Å². The Labute approximate surface area is 228 Å². The zero-order valence-corrected chi connectivity index (χ0v) is 23.5. The van der Waals surface area contributed by atoms with E-state index in [1.165, 1.54) is 0 Å². The van der Waals surface area contributed by atoms with Crippen LogP contribution in [0.25, 0.3) is 11.3 Å². The molecule has 1 N–H and O–H groups in total. The van der Waals surface area contributed by atoms with Crippen LogP contribution in [0.5, 0.6) is 5.75 Å². The summed E-state index contributed by atoms with van der Waals surface area (Å²) in [5, 5.41) is 13.8. The summed E-state index contributed by atoms with van der Waals surface area (Å²) in [6, 6.07) is 13.1. The molecule has 0 saturated heterocycles. The maximum absolute atomic E-state index is 13.0. The second-order valence-corrected chi connectivity index (χ2v) is 11.6. The number of nitrogens with zero attached hydrogens (tertiary/aromatic N) is 4. The molecule has 0 atom stereocenters. The van der Waals surface area contributed by atoms with Crippen molar-refractivity contribution in [3.63, 3.8) is 0 Å². The van der Waals surface area contributed by atoms with Crippen molar-refractivity contribution >= 4 is 35.0 Å². The molecule has 0 unspecified atom stereocenters. The summed E-state index contributed by atoms with van der Waals surface area (Å²) in [6.07, 6.45) is 1.15. The molecule has 0 fully saturated rings. The van der Waals surface area contributed by atoms with Crippen LogP contribution in [0.2, 0.25) is 5.02 Å². The molecule has 0 aliphatic carbocycles. The van der Waals surface area contributed by atoms with Gasteiger partial charge < -0.3 is 14.8 Å². The van der Waals surface area contributed by atoms with Crippen molar-refractivity contribution in [3.8, 4) is 23.1 Å². The minimum absolute atomic E-state index is 0.0246. The van der Waals surface area contributed by atoms with Crippen molar-refractivity contribution in [1.82, 2.24) is 9.97 Å². The number of fused-ring (bicyclic) bond motifs is 1. The van der Waals surface area contributed by atoms with Crippen LogP contribution in [0.4, 0.5) is 22.1 Å². The molecule has 3 aromatic rings. The van der Waals surface area contributed by atoms with Crippen molar-refractivity contribution in [2.45, 2.75) is 65.6 Å². The van der Waals surface area contributed by atoms with Crippen LogP contribution < -0.4 is 15.0 Å². The predicted molar refractivity (Wildman–Crippen MR) is 149 cm³/mol. The van der Waals surface area contributed by atoms with E-state index in [2.05, 4.69) is 16.4 Å². The first-order chi connectivity index (χ1) is 17.8. The minimum atomic E-state index is -0.649. The SMILES string of the molecule is CC(C)Oc1ccc(Cl)cc1Nc1nccc(-c2cc(C#N)c3c(c2)C(C)(C)CN3C(=O)OC(C)(C)C)n1. The van der Waals surface area contributed by atoms with Crippen LogP contribution in [0.15, 0.2) is 42.6 Å². The molecule has 1 aromatic heterocycles. The molecule has 0 saturated carbocycles. The molecule has 0 spiro atoms. The second-order valence-electron chi connectivity index (χ2n) is 11.2. The molecule has 38 heavy (non-hydrogen) atoms. The number of aromatic nitrogens is 2. The van der Waals surface area contributed by atoms with Gasteiger partial charge in [-0.25, -0.2) is 14.8 Å². The van der Waals surface area contributed by atoms with Gasteiger partial charge >= 0.3 is 6.09 Å². The number of carbonyl (C=O) groups is 1. The Balaban J connectivity index is 1.73. The van der Waals surface area contributed by atoms with E-state index in [-0.39, 0.29) is 6.10 Å². The molecule has 4 rings (SSSR count). The topological polar surface area (TPSA) is 100 Å². The van der Waals surface area contributed by atoms with Crippen LogP contribution >= 0.6 is 11.6 Å². The molecule has 2 aromatic carbocycles. The second kappa shape index (κ2) is 10.1. The third kappa shape index (κ3) is 5.84. The van der Waals surface area contributed by atoms with Gasteiger partial charge in [-0.2, -0.15) is 5.26 Å². The third-order valence-electron chi connectivity index (χ3n) is 5.90. The molecule has 8 nitrogen and oxygen atoms in total. The standard InChI is InChI=1S/C29H32ClN5O3/c1-17(2)37-24-9-8-20(30)14-23(24)34-26-32-11-10-22(33-26)18-12-19(15-31)25-21(13-18)29(6,7)16-35(25)27(36)38-28(3,4)5/h8-14,17H,16H2,1-7H3,(H,32,33,34). The van der Waals surface area contributed by atoms with Gasteiger partial charge in [0, 0.05) is 28.7 Å². The largest absolute Gasteiger partial charge is 0.489 e. The molecule has 1 aliphatic heterocycles. The first kappa shape index (κ1) is 27.2. The van der Waals surface area contributed by atoms with Gasteiger partial charge in [0.2, 0.25) is 5.95 Å². The van der Waals surface area contributed by atoms with Crippen LogP contribution in [-0.2, 0) is 10.2 Å². The third-order valence-corrected chi connectivity index (χ3v) is 6.13. The highest BCUT2D eigenvalue weighted by molar-refractivity contribution is 6.31. The average Bonchev–Trinajstić information content (AvgIpc) is 3.10. The molecule has 1 aliphatic rings. The molecular formula is C29H32ClN5O3. The van der Waals surface area contributed by atoms with E-state index in [1.807, 2.05) is 54.5 Å². The molecule has 1 amide bonds. The summed E-state index contributed by atoms with van der Waals surface area (Å²) in [6.45, 7) is 13.9. The number of rotatable bonds is 5. The predicted octanol–water partition coefficient (Wildman–Crippen LogP) is 7.23. The molecule has 0 radical (unpaired) electrons. The van der Waals surface area contributed by atoms with Crippen LogP contribution in [0.1, 0.15) is 59.6 Å². The quantitative estimate of drug-likeness (QED) is 0.369. The fourth-order valence-corrected chi connectivity index (χ4v) is 4.54. The van der Waals surface area contributed by atoms with E-state index in [9.17, 15) is 10.1 Å². The number of hydrogen-bond donors (Lipinski definition) is 1. The number of anilines is 3. The number of benzene rings is 2. The molecular weight excluding hydrogens is 502 g/mol. The highest BCUT2D eigenvalue weighted by Crippen LogP contribution is 2.45. The summed E-state index contributed by atoms with van der Waals surface area (Å²) in [7, 11) is 0. The van der Waals surface area contributed by atoms with E-state index in [1.54, 1.807) is 41.4 Å². The van der Waals surface area contributed by atoms with E-state index in [0.717, 1.165) is 11.1 Å². The highest BCUT2D eigenvalue weighted by Gasteiger charge is 2.42. The lowest BCUT2D eigenvalue weighted by Gasteiger charge is -2.26. The first-order valence-corrected chi connectivity index (χ1v) is 12.8. The first-order valence-electron chi connectivity index (χ1n) is 12.4. The van der Waals surface area contributed by atoms with Gasteiger partial charge in [-0.3, -0.25) is 4.90 Å². The van der Waals surface area contributed by atoms with Crippen molar-refractivity contribution < 1.29 is 14.3 Å². The number of carbonyl (C=O) groups excluding carboxylic acids is 1. The van der Waals surface area contributed by atoms with E-state index < -0.39 is 17.1 Å². The molecule has 2 heterocycles. The fourth-order valence-electron chi connectivity index (χ4n) is 4.36. The Morgan fingerprint density at radius 1 is 1.21 bits per heavy atom. The Morgan fingerprint density at radius 2 is 1.95 bits per heavy atom. The van der Waals surface area contributed by atoms with E-state index in [4.69, 9.17) is 26.1 Å². The number of hydrogen-bond acceptors (Lipinski definition) is 7. The summed E-state index contributed by atoms with van der Waals surface area (Å²) < 4.78 is 11.5. The van der Waals surface area contributed by atoms with Gasteiger partial charge in [0.1, 0.15) is 17.4 Å². The number of halogens is 1. The lowest BCUT2D eigenvalue weighted by atomic mass is 9.85. The zero-order chi connectivity index (χ0) is 27.8. The maximum Gasteiger partial charge on any atom is 0.414 e. The lowest BCUT2D eigenvalue weighted by Crippen LogP contribution is -2.38. The Kier molecular flexibility index (Phi) is 7.26. The summed E-state index contributed by atoms with van der Waals surface area (Å²) in [5.74, 6) is 0.985. The zero-order valence-electron chi connectivity index (χ0n) is 22.7. The average molecular weight is 534 g/mol. The number of ether oxygens (including phenoxy) is 2. The monoisotopic (exact) mass is 533 g/mol. The smallest absolute Gasteiger partial charge is 0.414 e. The molecule has 9 heteroatoms. The van der Waals surface area contributed by atoms with Crippen LogP contribution in [0.3, 0.4) is 0 Å². The van der Waals surface area contributed by atoms with Gasteiger partial charge in [0.15, 0.2) is 0 Å². The Hall–Kier alpha value is -3.83.